The molecular formula is H8I3LaO4. The van der Waals surface area contributed by atoms with Gasteiger partial charge < -0.3 is 21.9 Å². The van der Waals surface area contributed by atoms with Crippen LogP contribution < -0.4 is 0 Å². The molecule has 4 nitrogen and oxygen atoms in total. The third-order valence-electron chi connectivity index (χ3n) is 0. The van der Waals surface area contributed by atoms with Crippen molar-refractivity contribution in [2.75, 3.05) is 0 Å². The summed E-state index contributed by atoms with van der Waals surface area (Å²) in [6.45, 7) is 0. The molecule has 8 N–H and O–H groups in total. The van der Waals surface area contributed by atoms with E-state index in [1.165, 1.54) is 0 Å². The van der Waals surface area contributed by atoms with Crippen LogP contribution in [0.25, 0.3) is 0 Å². The maximum atomic E-state index is 2.54. The molecule has 0 radical (unpaired) electrons. The Hall–Kier alpha value is 3.22. The van der Waals surface area contributed by atoms with Crippen LogP contribution in [0.15, 0.2) is 0 Å². The molecule has 0 heterocycles. The fourth-order valence-electron chi connectivity index (χ4n) is 0. The SMILES string of the molecule is O.O.O.O.[I][La]([I])[I]. The fourth-order valence-corrected chi connectivity index (χ4v) is 0. The molecule has 8 heteroatoms. The van der Waals surface area contributed by atoms with Crippen LogP contribution in [0.2, 0.25) is 0 Å². The molecule has 0 atom stereocenters. The van der Waals surface area contributed by atoms with Gasteiger partial charge in [-0.15, -0.1) is 0 Å². The number of halogens is 3. The molecule has 0 aromatic heterocycles. The second-order valence-electron chi connectivity index (χ2n) is 0.247. The van der Waals surface area contributed by atoms with Crippen LogP contribution in [0.1, 0.15) is 0 Å². The normalized spacial score (nSPS) is 3.38. The Labute approximate surface area is 80.9 Å². The van der Waals surface area contributed by atoms with E-state index in [9.17, 15) is 0 Å². The van der Waals surface area contributed by atoms with E-state index in [1.54, 1.807) is 0 Å². The van der Waals surface area contributed by atoms with Crippen molar-refractivity contribution in [3.05, 3.63) is 0 Å². The van der Waals surface area contributed by atoms with Crippen molar-refractivity contribution >= 4 is 46.7 Å². The van der Waals surface area contributed by atoms with Crippen LogP contribution in [0.5, 0.6) is 0 Å². The maximum absolute atomic E-state index is 2.54. The third kappa shape index (κ3) is 60.0. The van der Waals surface area contributed by atoms with Gasteiger partial charge >= 0.3 is 61.6 Å². The summed E-state index contributed by atoms with van der Waals surface area (Å²) in [6.07, 6.45) is 0. The molecule has 0 amide bonds. The van der Waals surface area contributed by atoms with E-state index >= 15 is 0 Å². The summed E-state index contributed by atoms with van der Waals surface area (Å²) in [6, 6.07) is 0. The van der Waals surface area contributed by atoms with Crippen LogP contribution in [-0.2, 0) is 0 Å². The van der Waals surface area contributed by atoms with Gasteiger partial charge in [0, 0.05) is 0 Å². The summed E-state index contributed by atoms with van der Waals surface area (Å²) in [4.78, 5) is 0. The predicted octanol–water partition coefficient (Wildman–Crippen LogP) is -0.642. The van der Waals surface area contributed by atoms with Gasteiger partial charge in [0.15, 0.2) is 0 Å². The van der Waals surface area contributed by atoms with E-state index in [-0.39, 0.29) is 21.9 Å². The van der Waals surface area contributed by atoms with Crippen molar-refractivity contribution in [1.29, 1.82) is 0 Å². The van der Waals surface area contributed by atoms with Crippen molar-refractivity contribution in [3.63, 3.8) is 0 Å². The van der Waals surface area contributed by atoms with Crippen molar-refractivity contribution in [2.24, 2.45) is 0 Å². The van der Waals surface area contributed by atoms with Crippen molar-refractivity contribution in [3.8, 4) is 0 Å². The van der Waals surface area contributed by atoms with Gasteiger partial charge in [0.2, 0.25) is 0 Å². The van der Waals surface area contributed by atoms with Crippen LogP contribution in [-0.4, -0.2) is 21.9 Å². The summed E-state index contributed by atoms with van der Waals surface area (Å²) in [5.74, 6) is 0. The van der Waals surface area contributed by atoms with Gasteiger partial charge in [0.1, 0.15) is 0 Å². The first-order valence-corrected chi connectivity index (χ1v) is 32.0. The van der Waals surface area contributed by atoms with Gasteiger partial charge in [0.05, 0.1) is 0 Å². The Balaban J connectivity index is -0.00000000750. The minimum absolute atomic E-state index is 0. The second-order valence-corrected chi connectivity index (χ2v) is 81.1. The molecule has 0 fully saturated rings. The Bertz CT molecular complexity index is 16.0. The zero-order valence-electron chi connectivity index (χ0n) is 3.71. The zero-order chi connectivity index (χ0) is 3.58. The van der Waals surface area contributed by atoms with E-state index in [0.717, 1.165) is 0 Å². The predicted molar refractivity (Wildman–Crippen MR) is 56.5 cm³/mol. The zero-order valence-corrected chi connectivity index (χ0v) is 13.8. The molecule has 0 aromatic carbocycles. The van der Waals surface area contributed by atoms with Crippen LogP contribution in [0.3, 0.4) is 0 Å². The Morgan fingerprint density at radius 3 is 0.625 bits per heavy atom. The molecule has 0 unspecified atom stereocenters. The van der Waals surface area contributed by atoms with E-state index in [0.29, 0.717) is 0 Å². The fraction of sp³-hybridized carbons (Fsp3) is 0. The summed E-state index contributed by atoms with van der Waals surface area (Å²) in [7, 11) is 0. The van der Waals surface area contributed by atoms with E-state index in [4.69, 9.17) is 0 Å². The van der Waals surface area contributed by atoms with Crippen molar-refractivity contribution < 1.29 is 36.8 Å². The first kappa shape index (κ1) is 30.3. The molecule has 0 aliphatic carbocycles. The molecule has 8 heavy (non-hydrogen) atoms. The monoisotopic (exact) mass is 592 g/mol. The van der Waals surface area contributed by atoms with Gasteiger partial charge in [-0.2, -0.15) is 0 Å². The van der Waals surface area contributed by atoms with E-state index in [1.807, 2.05) is 0 Å². The van der Waals surface area contributed by atoms with Gasteiger partial charge in [-0.05, 0) is 0 Å². The van der Waals surface area contributed by atoms with Gasteiger partial charge in [0.25, 0.3) is 0 Å². The topological polar surface area (TPSA) is 126 Å². The molecule has 0 aromatic rings. The van der Waals surface area contributed by atoms with E-state index < -0.39 is 14.9 Å². The summed E-state index contributed by atoms with van der Waals surface area (Å²) in [5, 5.41) is 0. The second kappa shape index (κ2) is 22.5. The number of rotatable bonds is 0. The molecule has 0 rings (SSSR count). The Morgan fingerprint density at radius 2 is 0.625 bits per heavy atom. The molecule has 0 aliphatic rings. The third-order valence-corrected chi connectivity index (χ3v) is 0. The average Bonchev–Trinajstić information content (AvgIpc) is 0.811. The van der Waals surface area contributed by atoms with E-state index in [2.05, 4.69) is 46.7 Å². The van der Waals surface area contributed by atoms with Crippen LogP contribution in [0.4, 0.5) is 0 Å². The molecule has 0 aliphatic heterocycles. The molecule has 0 bridgehead atoms. The molecule has 0 saturated heterocycles. The van der Waals surface area contributed by atoms with Gasteiger partial charge in [-0.3, -0.25) is 0 Å². The Kier molecular flexibility index (Phi) is 85.0. The number of hydrogen-bond donors (Lipinski definition) is 0. The number of hydrogen-bond acceptors (Lipinski definition) is 0. The first-order valence-electron chi connectivity index (χ1n) is 0.655. The Morgan fingerprint density at radius 1 is 0.625 bits per heavy atom. The van der Waals surface area contributed by atoms with Gasteiger partial charge in [-0.25, -0.2) is 0 Å². The van der Waals surface area contributed by atoms with Gasteiger partial charge in [-0.1, -0.05) is 0 Å². The van der Waals surface area contributed by atoms with Crippen LogP contribution >= 0.6 is 46.7 Å². The standard InChI is InChI=1S/3HI.La.4H2O/h3*1H;;4*1H2/q;;;+3;;;;/p-3. The summed E-state index contributed by atoms with van der Waals surface area (Å²) >= 11 is 6.80. The minimum atomic E-state index is -0.812. The van der Waals surface area contributed by atoms with Crippen molar-refractivity contribution in [2.45, 2.75) is 0 Å². The summed E-state index contributed by atoms with van der Waals surface area (Å²) in [5.41, 5.74) is 0. The molecular weight excluding hydrogens is 584 g/mol. The average molecular weight is 592 g/mol. The van der Waals surface area contributed by atoms with Crippen LogP contribution in [0, 0.1) is 14.9 Å². The molecule has 0 spiro atoms. The summed E-state index contributed by atoms with van der Waals surface area (Å²) < 4.78 is 0. The quantitative estimate of drug-likeness (QED) is 0.333. The molecule has 56 valence electrons. The first-order chi connectivity index (χ1) is 1.73. The molecule has 0 saturated carbocycles. The van der Waals surface area contributed by atoms with Crippen molar-refractivity contribution in [1.82, 2.24) is 0 Å².